The normalized spacial score (nSPS) is 30.0. The van der Waals surface area contributed by atoms with E-state index >= 15 is 0 Å². The third-order valence-corrected chi connectivity index (χ3v) is 6.01. The van der Waals surface area contributed by atoms with E-state index in [2.05, 4.69) is 21.2 Å². The van der Waals surface area contributed by atoms with Crippen molar-refractivity contribution >= 4 is 27.6 Å². The first kappa shape index (κ1) is 19.6. The maximum atomic E-state index is 14.2. The van der Waals surface area contributed by atoms with Crippen molar-refractivity contribution in [3.8, 4) is 0 Å². The van der Waals surface area contributed by atoms with Gasteiger partial charge in [-0.15, -0.1) is 0 Å². The molecule has 0 saturated carbocycles. The zero-order chi connectivity index (χ0) is 19.5. The molecule has 144 valence electrons. The molecule has 2 aliphatic rings. The van der Waals surface area contributed by atoms with E-state index in [9.17, 15) is 9.18 Å². The summed E-state index contributed by atoms with van der Waals surface area (Å²) in [7, 11) is 0. The average Bonchev–Trinajstić information content (AvgIpc) is 2.47. The Kier molecular flexibility index (Phi) is 4.67. The van der Waals surface area contributed by atoms with Gasteiger partial charge in [0.05, 0.1) is 22.0 Å². The molecule has 3 unspecified atom stereocenters. The Morgan fingerprint density at radius 1 is 1.35 bits per heavy atom. The summed E-state index contributed by atoms with van der Waals surface area (Å²) in [6, 6.07) is 3.26. The van der Waals surface area contributed by atoms with Gasteiger partial charge in [0.25, 0.3) is 0 Å². The van der Waals surface area contributed by atoms with Crippen LogP contribution in [0.3, 0.4) is 0 Å². The number of carbonyl (C=O) groups is 1. The highest BCUT2D eigenvalue weighted by Crippen LogP contribution is 2.53. The van der Waals surface area contributed by atoms with Crippen molar-refractivity contribution in [1.82, 2.24) is 0 Å². The van der Waals surface area contributed by atoms with Gasteiger partial charge in [-0.2, -0.15) is 0 Å². The molecule has 6 heteroatoms. The van der Waals surface area contributed by atoms with E-state index in [1.807, 2.05) is 41.5 Å². The van der Waals surface area contributed by atoms with Crippen LogP contribution < -0.4 is 5.32 Å². The molecular formula is C20H27BrFNO3. The predicted octanol–water partition coefficient (Wildman–Crippen LogP) is 4.80. The van der Waals surface area contributed by atoms with Crippen molar-refractivity contribution in [2.24, 2.45) is 5.92 Å². The van der Waals surface area contributed by atoms with Crippen LogP contribution in [0.1, 0.15) is 53.5 Å². The van der Waals surface area contributed by atoms with E-state index in [1.54, 1.807) is 6.07 Å². The van der Waals surface area contributed by atoms with E-state index < -0.39 is 16.6 Å². The van der Waals surface area contributed by atoms with Crippen molar-refractivity contribution < 1.29 is 18.7 Å². The first-order chi connectivity index (χ1) is 11.9. The summed E-state index contributed by atoms with van der Waals surface area (Å²) in [5.41, 5.74) is -0.0568. The number of benzene rings is 1. The quantitative estimate of drug-likeness (QED) is 0.653. The molecule has 26 heavy (non-hydrogen) atoms. The fourth-order valence-corrected chi connectivity index (χ4v) is 4.83. The molecule has 1 aromatic rings. The molecule has 1 N–H and O–H groups in total. The van der Waals surface area contributed by atoms with Gasteiger partial charge in [0.15, 0.2) is 0 Å². The molecule has 0 bridgehead atoms. The monoisotopic (exact) mass is 427 g/mol. The molecule has 1 fully saturated rings. The average molecular weight is 428 g/mol. The van der Waals surface area contributed by atoms with Gasteiger partial charge in [0.2, 0.25) is 0 Å². The van der Waals surface area contributed by atoms with Crippen LogP contribution in [-0.4, -0.2) is 29.8 Å². The third-order valence-electron chi connectivity index (χ3n) is 5.40. The largest absolute Gasteiger partial charge is 0.460 e. The second-order valence-electron chi connectivity index (χ2n) is 9.07. The highest BCUT2D eigenvalue weighted by Gasteiger charge is 2.59. The summed E-state index contributed by atoms with van der Waals surface area (Å²) in [5.74, 6) is -0.921. The minimum absolute atomic E-state index is 0.225. The van der Waals surface area contributed by atoms with Gasteiger partial charge >= 0.3 is 5.97 Å². The molecule has 2 aliphatic heterocycles. The van der Waals surface area contributed by atoms with Crippen molar-refractivity contribution in [3.63, 3.8) is 0 Å². The number of nitrogens with one attached hydrogen (secondary N) is 1. The van der Waals surface area contributed by atoms with Crippen LogP contribution >= 0.6 is 15.9 Å². The van der Waals surface area contributed by atoms with Gasteiger partial charge in [-0.3, -0.25) is 4.79 Å². The SMILES string of the molecule is CC(C)(C)OC(=O)C1CCOC2C(C)(C)Nc3cc(F)c(Br)cc3C12C. The van der Waals surface area contributed by atoms with Crippen LogP contribution in [0, 0.1) is 11.7 Å². The minimum Gasteiger partial charge on any atom is -0.460 e. The number of hydrogen-bond acceptors (Lipinski definition) is 4. The Hall–Kier alpha value is -1.14. The topological polar surface area (TPSA) is 47.6 Å². The van der Waals surface area contributed by atoms with E-state index in [1.165, 1.54) is 6.07 Å². The molecular weight excluding hydrogens is 401 g/mol. The molecule has 1 saturated heterocycles. The molecule has 4 nitrogen and oxygen atoms in total. The lowest BCUT2D eigenvalue weighted by Crippen LogP contribution is -2.65. The van der Waals surface area contributed by atoms with Gasteiger partial charge in [-0.05, 0) is 74.7 Å². The molecule has 1 aromatic carbocycles. The molecule has 3 atom stereocenters. The van der Waals surface area contributed by atoms with E-state index in [0.717, 1.165) is 5.56 Å². The second-order valence-corrected chi connectivity index (χ2v) is 9.92. The number of rotatable bonds is 1. The van der Waals surface area contributed by atoms with E-state index in [0.29, 0.717) is 23.2 Å². The van der Waals surface area contributed by atoms with Crippen molar-refractivity contribution in [2.45, 2.75) is 70.6 Å². The Morgan fingerprint density at radius 2 is 2.00 bits per heavy atom. The summed E-state index contributed by atoms with van der Waals surface area (Å²) in [4.78, 5) is 13.1. The fourth-order valence-electron chi connectivity index (χ4n) is 4.49. The molecule has 0 amide bonds. The number of esters is 1. The highest BCUT2D eigenvalue weighted by molar-refractivity contribution is 9.10. The van der Waals surface area contributed by atoms with E-state index in [-0.39, 0.29) is 23.8 Å². The summed E-state index contributed by atoms with van der Waals surface area (Å²) in [6.07, 6.45) is 0.331. The number of carbonyl (C=O) groups excluding carboxylic acids is 1. The van der Waals surface area contributed by atoms with Gasteiger partial charge in [0, 0.05) is 17.7 Å². The fraction of sp³-hybridized carbons (Fsp3) is 0.650. The Morgan fingerprint density at radius 3 is 2.62 bits per heavy atom. The second kappa shape index (κ2) is 6.20. The number of ether oxygens (including phenoxy) is 2. The van der Waals surface area contributed by atoms with Crippen LogP contribution in [0.2, 0.25) is 0 Å². The lowest BCUT2D eigenvalue weighted by molar-refractivity contribution is -0.176. The van der Waals surface area contributed by atoms with Gasteiger partial charge in [-0.1, -0.05) is 6.92 Å². The van der Waals surface area contributed by atoms with Gasteiger partial charge in [0.1, 0.15) is 11.4 Å². The van der Waals surface area contributed by atoms with Crippen molar-refractivity contribution in [1.29, 1.82) is 0 Å². The lowest BCUT2D eigenvalue weighted by Gasteiger charge is -2.56. The van der Waals surface area contributed by atoms with Crippen LogP contribution in [0.4, 0.5) is 10.1 Å². The molecule has 0 aliphatic carbocycles. The zero-order valence-corrected chi connectivity index (χ0v) is 17.8. The minimum atomic E-state index is -0.624. The maximum absolute atomic E-state index is 14.2. The summed E-state index contributed by atoms with van der Waals surface area (Å²) >= 11 is 3.29. The Balaban J connectivity index is 2.16. The summed E-state index contributed by atoms with van der Waals surface area (Å²) in [5, 5.41) is 3.40. The van der Waals surface area contributed by atoms with Crippen molar-refractivity contribution in [2.75, 3.05) is 11.9 Å². The van der Waals surface area contributed by atoms with Crippen LogP contribution in [0.5, 0.6) is 0 Å². The predicted molar refractivity (Wildman–Crippen MR) is 103 cm³/mol. The van der Waals surface area contributed by atoms with Crippen LogP contribution in [0.15, 0.2) is 16.6 Å². The summed E-state index contributed by atoms with van der Waals surface area (Å²) in [6.45, 7) is 12.2. The zero-order valence-electron chi connectivity index (χ0n) is 16.2. The molecule has 0 spiro atoms. The number of anilines is 1. The Labute approximate surface area is 163 Å². The molecule has 0 aromatic heterocycles. The molecule has 3 rings (SSSR count). The van der Waals surface area contributed by atoms with Gasteiger partial charge in [-0.25, -0.2) is 4.39 Å². The number of halogens is 2. The van der Waals surface area contributed by atoms with Crippen molar-refractivity contribution in [3.05, 3.63) is 28.0 Å². The standard InChI is InChI=1S/C20H27BrFNO3/c1-18(2,3)26-16(24)11-7-8-25-17-19(4,5)23-15-10-14(22)13(21)9-12(15)20(11,17)6/h9-11,17,23H,7-8H2,1-6H3. The number of hydrogen-bond donors (Lipinski definition) is 1. The van der Waals surface area contributed by atoms with Crippen LogP contribution in [-0.2, 0) is 19.7 Å². The molecule has 0 radical (unpaired) electrons. The third kappa shape index (κ3) is 3.15. The highest BCUT2D eigenvalue weighted by atomic mass is 79.9. The van der Waals surface area contributed by atoms with Gasteiger partial charge < -0.3 is 14.8 Å². The number of fused-ring (bicyclic) bond motifs is 3. The Bertz CT molecular complexity index is 743. The van der Waals surface area contributed by atoms with E-state index in [4.69, 9.17) is 9.47 Å². The molecule has 2 heterocycles. The maximum Gasteiger partial charge on any atom is 0.310 e. The van der Waals surface area contributed by atoms with Crippen LogP contribution in [0.25, 0.3) is 0 Å². The first-order valence-corrected chi connectivity index (χ1v) is 9.78. The first-order valence-electron chi connectivity index (χ1n) is 8.98. The lowest BCUT2D eigenvalue weighted by atomic mass is 9.59. The smallest absolute Gasteiger partial charge is 0.310 e. The summed E-state index contributed by atoms with van der Waals surface area (Å²) < 4.78 is 26.4.